The number of hydrogen-bond acceptors (Lipinski definition) is 4. The smallest absolute Gasteiger partial charge is 0.240 e. The van der Waals surface area contributed by atoms with E-state index in [1.54, 1.807) is 12.4 Å². The second kappa shape index (κ2) is 5.31. The molecule has 0 saturated carbocycles. The lowest BCUT2D eigenvalue weighted by molar-refractivity contribution is -0.121. The van der Waals surface area contributed by atoms with Crippen molar-refractivity contribution in [3.63, 3.8) is 0 Å². The van der Waals surface area contributed by atoms with E-state index >= 15 is 0 Å². The number of imidazole rings is 1. The molecule has 1 aliphatic heterocycles. The highest BCUT2D eigenvalue weighted by molar-refractivity contribution is 6.07. The summed E-state index contributed by atoms with van der Waals surface area (Å²) >= 11 is 0. The summed E-state index contributed by atoms with van der Waals surface area (Å²) in [5.74, 6) is 0.874. The maximum Gasteiger partial charge on any atom is 0.240 e. The summed E-state index contributed by atoms with van der Waals surface area (Å²) in [5, 5.41) is 4.21. The Morgan fingerprint density at radius 3 is 2.74 bits per heavy atom. The Labute approximate surface area is 132 Å². The molecule has 1 unspecified atom stereocenters. The molecule has 3 aromatic rings. The molecule has 6 nitrogen and oxygen atoms in total. The fourth-order valence-electron chi connectivity index (χ4n) is 2.82. The van der Waals surface area contributed by atoms with Gasteiger partial charge < -0.3 is 4.98 Å². The number of H-pyrrole nitrogens is 1. The van der Waals surface area contributed by atoms with Crippen LogP contribution in [0.1, 0.15) is 18.9 Å². The van der Waals surface area contributed by atoms with Crippen molar-refractivity contribution in [2.24, 2.45) is 11.0 Å². The van der Waals surface area contributed by atoms with Gasteiger partial charge in [-0.15, -0.1) is 0 Å². The number of hydrazone groups is 1. The maximum absolute atomic E-state index is 11.4. The first-order chi connectivity index (χ1) is 11.2. The summed E-state index contributed by atoms with van der Waals surface area (Å²) < 4.78 is 0. The minimum atomic E-state index is -0.0381. The molecule has 0 radical (unpaired) electrons. The molecule has 3 heterocycles. The fraction of sp³-hybridized carbons (Fsp3) is 0.176. The Kier molecular flexibility index (Phi) is 3.15. The van der Waals surface area contributed by atoms with Gasteiger partial charge in [0.1, 0.15) is 5.82 Å². The molecule has 0 spiro atoms. The van der Waals surface area contributed by atoms with Gasteiger partial charge in [-0.25, -0.2) is 10.4 Å². The van der Waals surface area contributed by atoms with Gasteiger partial charge in [-0.05, 0) is 24.3 Å². The fourth-order valence-corrected chi connectivity index (χ4v) is 2.82. The average Bonchev–Trinajstić information content (AvgIpc) is 2.99. The molecule has 1 atom stereocenters. The van der Waals surface area contributed by atoms with Gasteiger partial charge in [0.2, 0.25) is 5.91 Å². The summed E-state index contributed by atoms with van der Waals surface area (Å²) in [7, 11) is 0. The van der Waals surface area contributed by atoms with Crippen LogP contribution < -0.4 is 5.43 Å². The summed E-state index contributed by atoms with van der Waals surface area (Å²) in [6.07, 6.45) is 3.95. The molecule has 0 saturated heterocycles. The predicted octanol–water partition coefficient (Wildman–Crippen LogP) is 2.49. The molecule has 23 heavy (non-hydrogen) atoms. The summed E-state index contributed by atoms with van der Waals surface area (Å²) in [4.78, 5) is 23.3. The van der Waals surface area contributed by atoms with Crippen LogP contribution in [-0.2, 0) is 4.79 Å². The van der Waals surface area contributed by atoms with E-state index in [1.165, 1.54) is 0 Å². The van der Waals surface area contributed by atoms with E-state index in [1.807, 2.05) is 37.3 Å². The van der Waals surface area contributed by atoms with Crippen molar-refractivity contribution >= 4 is 22.7 Å². The minimum Gasteiger partial charge on any atom is -0.338 e. The third kappa shape index (κ3) is 2.48. The quantitative estimate of drug-likeness (QED) is 0.763. The van der Waals surface area contributed by atoms with Gasteiger partial charge in [0.05, 0.1) is 16.7 Å². The van der Waals surface area contributed by atoms with Crippen LogP contribution in [0.4, 0.5) is 0 Å². The zero-order valence-electron chi connectivity index (χ0n) is 12.6. The summed E-state index contributed by atoms with van der Waals surface area (Å²) in [6, 6.07) is 9.83. The van der Waals surface area contributed by atoms with E-state index in [9.17, 15) is 4.79 Å². The molecule has 1 amide bonds. The molecular weight excluding hydrogens is 290 g/mol. The molecule has 0 bridgehead atoms. The van der Waals surface area contributed by atoms with Crippen molar-refractivity contribution < 1.29 is 4.79 Å². The topological polar surface area (TPSA) is 83.0 Å². The summed E-state index contributed by atoms with van der Waals surface area (Å²) in [5.41, 5.74) is 7.28. The monoisotopic (exact) mass is 305 g/mol. The number of fused-ring (bicyclic) bond motifs is 1. The number of aromatic nitrogens is 3. The molecule has 1 aromatic carbocycles. The van der Waals surface area contributed by atoms with Gasteiger partial charge in [0, 0.05) is 35.9 Å². The van der Waals surface area contributed by atoms with E-state index in [4.69, 9.17) is 0 Å². The Hall–Kier alpha value is -3.02. The number of nitrogens with zero attached hydrogens (tertiary/aromatic N) is 3. The second-order valence-corrected chi connectivity index (χ2v) is 5.69. The number of hydrogen-bond donors (Lipinski definition) is 2. The van der Waals surface area contributed by atoms with E-state index in [-0.39, 0.29) is 11.8 Å². The molecule has 114 valence electrons. The molecule has 0 fully saturated rings. The minimum absolute atomic E-state index is 0.0381. The Balaban J connectivity index is 1.75. The second-order valence-electron chi connectivity index (χ2n) is 5.69. The Morgan fingerprint density at radius 2 is 1.96 bits per heavy atom. The van der Waals surface area contributed by atoms with E-state index in [0.29, 0.717) is 6.42 Å². The van der Waals surface area contributed by atoms with Gasteiger partial charge in [-0.2, -0.15) is 5.10 Å². The third-order valence-electron chi connectivity index (χ3n) is 3.99. The van der Waals surface area contributed by atoms with E-state index in [2.05, 4.69) is 25.5 Å². The average molecular weight is 305 g/mol. The van der Waals surface area contributed by atoms with Crippen LogP contribution in [0.25, 0.3) is 22.4 Å². The van der Waals surface area contributed by atoms with Crippen LogP contribution in [0.2, 0.25) is 0 Å². The van der Waals surface area contributed by atoms with Crippen LogP contribution >= 0.6 is 0 Å². The van der Waals surface area contributed by atoms with Crippen LogP contribution in [0.15, 0.2) is 47.8 Å². The molecule has 2 N–H and O–H groups in total. The zero-order valence-corrected chi connectivity index (χ0v) is 12.6. The Bertz CT molecular complexity index is 913. The molecule has 6 heteroatoms. The van der Waals surface area contributed by atoms with Gasteiger partial charge in [-0.1, -0.05) is 13.0 Å². The number of pyridine rings is 1. The first-order valence-electron chi connectivity index (χ1n) is 7.47. The van der Waals surface area contributed by atoms with Gasteiger partial charge in [-0.3, -0.25) is 9.78 Å². The number of aromatic amines is 1. The van der Waals surface area contributed by atoms with Crippen LogP contribution in [0.5, 0.6) is 0 Å². The van der Waals surface area contributed by atoms with Crippen LogP contribution in [0.3, 0.4) is 0 Å². The first kappa shape index (κ1) is 13.6. The van der Waals surface area contributed by atoms with Crippen molar-refractivity contribution in [3.05, 3.63) is 48.3 Å². The summed E-state index contributed by atoms with van der Waals surface area (Å²) in [6.45, 7) is 2.01. The van der Waals surface area contributed by atoms with E-state index in [0.717, 1.165) is 33.7 Å². The largest absolute Gasteiger partial charge is 0.338 e. The standard InChI is InChI=1S/C17H15N5O/c1-10-8-15(23)21-22-16(10)12-2-3-13-14(9-12)20-17(19-13)11-4-6-18-7-5-11/h2-7,9-10H,8H2,1H3,(H,19,20)(H,21,23). The first-order valence-corrected chi connectivity index (χ1v) is 7.47. The van der Waals surface area contributed by atoms with Gasteiger partial charge >= 0.3 is 0 Å². The predicted molar refractivity (Wildman–Crippen MR) is 87.8 cm³/mol. The Morgan fingerprint density at radius 1 is 1.13 bits per heavy atom. The van der Waals surface area contributed by atoms with Gasteiger partial charge in [0.25, 0.3) is 0 Å². The van der Waals surface area contributed by atoms with Crippen molar-refractivity contribution in [1.82, 2.24) is 20.4 Å². The molecule has 1 aliphatic rings. The number of carbonyl (C=O) groups excluding carboxylic acids is 1. The number of amides is 1. The van der Waals surface area contributed by atoms with Crippen molar-refractivity contribution in [3.8, 4) is 11.4 Å². The third-order valence-corrected chi connectivity index (χ3v) is 3.99. The molecule has 2 aromatic heterocycles. The molecule has 0 aliphatic carbocycles. The lowest BCUT2D eigenvalue weighted by Crippen LogP contribution is -2.31. The number of nitrogens with one attached hydrogen (secondary N) is 2. The van der Waals surface area contributed by atoms with Crippen LogP contribution in [0, 0.1) is 5.92 Å². The van der Waals surface area contributed by atoms with E-state index < -0.39 is 0 Å². The number of benzene rings is 1. The van der Waals surface area contributed by atoms with Crippen molar-refractivity contribution in [1.29, 1.82) is 0 Å². The highest BCUT2D eigenvalue weighted by Gasteiger charge is 2.22. The number of rotatable bonds is 2. The van der Waals surface area contributed by atoms with Crippen molar-refractivity contribution in [2.45, 2.75) is 13.3 Å². The SMILES string of the molecule is CC1CC(=O)NN=C1c1ccc2nc(-c3ccncc3)[nH]c2c1. The lowest BCUT2D eigenvalue weighted by Gasteiger charge is -2.18. The maximum atomic E-state index is 11.4. The molecule has 4 rings (SSSR count). The highest BCUT2D eigenvalue weighted by Crippen LogP contribution is 2.23. The molecular formula is C17H15N5O. The van der Waals surface area contributed by atoms with Gasteiger partial charge in [0.15, 0.2) is 0 Å². The normalized spacial score (nSPS) is 17.9. The number of carbonyl (C=O) groups is 1. The zero-order chi connectivity index (χ0) is 15.8. The lowest BCUT2D eigenvalue weighted by atomic mass is 9.94. The highest BCUT2D eigenvalue weighted by atomic mass is 16.2. The van der Waals surface area contributed by atoms with Crippen molar-refractivity contribution in [2.75, 3.05) is 0 Å². The van der Waals surface area contributed by atoms with Crippen LogP contribution in [-0.4, -0.2) is 26.6 Å².